The molecule has 184 valence electrons. The molecule has 14 nitrogen and oxygen atoms in total. The average molecular weight is 486 g/mol. The standard InChI is InChI=1S/C18H31N9O5S/c1-9(14(28)27-13(7-33)17(31)32)25-16(30)12(5-10-6-22-8-24-10)26-15(29)11(19)3-2-4-23-18(20)21/h6,8-9,11-13,33H,2-5,7,19H2,1H3,(H,22,24)(H,25,30)(H,26,29)(H,27,28)(H,31,32)(H4,20,21,23). The van der Waals surface area contributed by atoms with Crippen LogP contribution in [0.15, 0.2) is 17.5 Å². The molecule has 4 atom stereocenters. The molecule has 15 heteroatoms. The number of aromatic nitrogens is 2. The average Bonchev–Trinajstić information content (AvgIpc) is 3.26. The number of carbonyl (C=O) groups excluding carboxylic acids is 3. The van der Waals surface area contributed by atoms with Crippen LogP contribution in [0.25, 0.3) is 0 Å². The summed E-state index contributed by atoms with van der Waals surface area (Å²) in [7, 11) is 0. The first kappa shape index (κ1) is 27.7. The molecule has 0 aliphatic rings. The maximum absolute atomic E-state index is 12.8. The summed E-state index contributed by atoms with van der Waals surface area (Å²) in [5.41, 5.74) is 17.0. The minimum Gasteiger partial charge on any atom is -0.480 e. The van der Waals surface area contributed by atoms with Gasteiger partial charge in [0.15, 0.2) is 5.96 Å². The molecule has 1 heterocycles. The number of thiol groups is 1. The predicted octanol–water partition coefficient (Wildman–Crippen LogP) is -3.18. The number of nitrogens with zero attached hydrogens (tertiary/aromatic N) is 2. The van der Waals surface area contributed by atoms with Crippen molar-refractivity contribution >= 4 is 42.3 Å². The Morgan fingerprint density at radius 3 is 2.36 bits per heavy atom. The van der Waals surface area contributed by atoms with Crippen LogP contribution in [0.4, 0.5) is 0 Å². The zero-order chi connectivity index (χ0) is 25.0. The van der Waals surface area contributed by atoms with E-state index in [9.17, 15) is 19.2 Å². The molecule has 0 aliphatic heterocycles. The molecule has 0 bridgehead atoms. The Morgan fingerprint density at radius 2 is 1.82 bits per heavy atom. The van der Waals surface area contributed by atoms with Crippen molar-refractivity contribution < 1.29 is 24.3 Å². The third-order valence-corrected chi connectivity index (χ3v) is 4.83. The van der Waals surface area contributed by atoms with Crippen molar-refractivity contribution in [2.45, 2.75) is 50.4 Å². The number of hydrogen-bond donors (Lipinski definition) is 9. The lowest BCUT2D eigenvalue weighted by molar-refractivity contribution is -0.141. The number of nitrogens with two attached hydrogens (primary N) is 3. The van der Waals surface area contributed by atoms with Crippen LogP contribution < -0.4 is 33.2 Å². The molecule has 0 saturated heterocycles. The van der Waals surface area contributed by atoms with Crippen LogP contribution in [-0.4, -0.2) is 81.2 Å². The van der Waals surface area contributed by atoms with E-state index in [-0.39, 0.29) is 24.6 Å². The second-order valence-corrected chi connectivity index (χ2v) is 7.57. The maximum Gasteiger partial charge on any atom is 0.327 e. The van der Waals surface area contributed by atoms with Gasteiger partial charge < -0.3 is 43.2 Å². The van der Waals surface area contributed by atoms with Gasteiger partial charge in [-0.15, -0.1) is 0 Å². The van der Waals surface area contributed by atoms with Gasteiger partial charge >= 0.3 is 5.97 Å². The monoisotopic (exact) mass is 485 g/mol. The number of guanidine groups is 1. The molecule has 3 amide bonds. The molecule has 33 heavy (non-hydrogen) atoms. The quantitative estimate of drug-likeness (QED) is 0.0557. The Balaban J connectivity index is 2.77. The van der Waals surface area contributed by atoms with Crippen molar-refractivity contribution in [2.24, 2.45) is 22.2 Å². The van der Waals surface area contributed by atoms with Crippen LogP contribution in [0.1, 0.15) is 25.5 Å². The van der Waals surface area contributed by atoms with Crippen LogP contribution in [0.2, 0.25) is 0 Å². The number of aliphatic imine (C=N–C) groups is 1. The number of amides is 3. The Morgan fingerprint density at radius 1 is 1.15 bits per heavy atom. The summed E-state index contributed by atoms with van der Waals surface area (Å²) in [6.07, 6.45) is 3.70. The number of carboxylic acid groups (broad SMARTS) is 1. The van der Waals surface area contributed by atoms with Crippen molar-refractivity contribution in [1.82, 2.24) is 25.9 Å². The molecule has 0 aliphatic carbocycles. The van der Waals surface area contributed by atoms with Crippen molar-refractivity contribution in [2.75, 3.05) is 12.3 Å². The lowest BCUT2D eigenvalue weighted by atomic mass is 10.1. The largest absolute Gasteiger partial charge is 0.480 e. The van der Waals surface area contributed by atoms with E-state index in [4.69, 9.17) is 22.3 Å². The van der Waals surface area contributed by atoms with Crippen LogP contribution in [-0.2, 0) is 25.6 Å². The fraction of sp³-hybridized carbons (Fsp3) is 0.556. The molecule has 0 fully saturated rings. The fourth-order valence-corrected chi connectivity index (χ4v) is 2.86. The van der Waals surface area contributed by atoms with Gasteiger partial charge in [-0.2, -0.15) is 12.6 Å². The number of carboxylic acids is 1. The summed E-state index contributed by atoms with van der Waals surface area (Å²) in [5, 5.41) is 16.3. The van der Waals surface area contributed by atoms with Gasteiger partial charge in [0.25, 0.3) is 0 Å². The number of carbonyl (C=O) groups is 4. The SMILES string of the molecule is CC(NC(=O)C(Cc1cnc[nH]1)NC(=O)C(N)CCCN=C(N)N)C(=O)NC(CS)C(=O)O. The highest BCUT2D eigenvalue weighted by molar-refractivity contribution is 7.80. The first-order chi connectivity index (χ1) is 15.5. The molecular weight excluding hydrogens is 454 g/mol. The molecule has 0 spiro atoms. The topological polar surface area (TPSA) is 244 Å². The van der Waals surface area contributed by atoms with E-state index in [1.807, 2.05) is 0 Å². The summed E-state index contributed by atoms with van der Waals surface area (Å²) >= 11 is 3.88. The third-order valence-electron chi connectivity index (χ3n) is 4.47. The van der Waals surface area contributed by atoms with E-state index in [1.54, 1.807) is 0 Å². The lowest BCUT2D eigenvalue weighted by Crippen LogP contribution is -2.57. The van der Waals surface area contributed by atoms with E-state index in [0.29, 0.717) is 18.7 Å². The number of hydrogen-bond acceptors (Lipinski definition) is 8. The fourth-order valence-electron chi connectivity index (χ4n) is 2.62. The molecule has 11 N–H and O–H groups in total. The van der Waals surface area contributed by atoms with Gasteiger partial charge in [0.05, 0.1) is 12.4 Å². The van der Waals surface area contributed by atoms with E-state index in [1.165, 1.54) is 19.4 Å². The molecule has 1 aromatic rings. The molecule has 0 saturated carbocycles. The zero-order valence-electron chi connectivity index (χ0n) is 18.2. The zero-order valence-corrected chi connectivity index (χ0v) is 19.0. The van der Waals surface area contributed by atoms with Gasteiger partial charge in [-0.1, -0.05) is 0 Å². The molecule has 0 aromatic carbocycles. The first-order valence-corrected chi connectivity index (χ1v) is 10.7. The number of imidazole rings is 1. The molecule has 4 unspecified atom stereocenters. The van der Waals surface area contributed by atoms with Crippen molar-refractivity contribution in [3.8, 4) is 0 Å². The maximum atomic E-state index is 12.8. The summed E-state index contributed by atoms with van der Waals surface area (Å²) in [6.45, 7) is 1.69. The Bertz CT molecular complexity index is 829. The summed E-state index contributed by atoms with van der Waals surface area (Å²) < 4.78 is 0. The Hall–Kier alpha value is -3.33. The van der Waals surface area contributed by atoms with Gasteiger partial charge in [0, 0.05) is 30.6 Å². The highest BCUT2D eigenvalue weighted by atomic mass is 32.1. The lowest BCUT2D eigenvalue weighted by Gasteiger charge is -2.23. The second kappa shape index (κ2) is 13.9. The summed E-state index contributed by atoms with van der Waals surface area (Å²) in [6, 6.07) is -4.27. The number of rotatable bonds is 14. The van der Waals surface area contributed by atoms with E-state index in [2.05, 4.69) is 43.5 Å². The minimum atomic E-state index is -1.25. The van der Waals surface area contributed by atoms with Crippen molar-refractivity contribution in [1.29, 1.82) is 0 Å². The van der Waals surface area contributed by atoms with Gasteiger partial charge in [0.2, 0.25) is 17.7 Å². The normalized spacial score (nSPS) is 14.3. The van der Waals surface area contributed by atoms with E-state index >= 15 is 0 Å². The second-order valence-electron chi connectivity index (χ2n) is 7.21. The van der Waals surface area contributed by atoms with Crippen LogP contribution in [0, 0.1) is 0 Å². The van der Waals surface area contributed by atoms with Gasteiger partial charge in [-0.25, -0.2) is 9.78 Å². The highest BCUT2D eigenvalue weighted by Crippen LogP contribution is 2.03. The van der Waals surface area contributed by atoms with Crippen molar-refractivity contribution in [3.63, 3.8) is 0 Å². The molecule has 1 aromatic heterocycles. The van der Waals surface area contributed by atoms with E-state index < -0.39 is 47.9 Å². The van der Waals surface area contributed by atoms with Crippen LogP contribution >= 0.6 is 12.6 Å². The molecule has 0 radical (unpaired) electrons. The Kier molecular flexibility index (Phi) is 11.7. The summed E-state index contributed by atoms with van der Waals surface area (Å²) in [4.78, 5) is 59.2. The number of nitrogens with one attached hydrogen (secondary N) is 4. The van der Waals surface area contributed by atoms with Gasteiger partial charge in [-0.05, 0) is 19.8 Å². The smallest absolute Gasteiger partial charge is 0.327 e. The molecule has 1 rings (SSSR count). The van der Waals surface area contributed by atoms with E-state index in [0.717, 1.165) is 0 Å². The van der Waals surface area contributed by atoms with Crippen molar-refractivity contribution in [3.05, 3.63) is 18.2 Å². The third kappa shape index (κ3) is 10.2. The van der Waals surface area contributed by atoms with Gasteiger partial charge in [-0.3, -0.25) is 19.4 Å². The summed E-state index contributed by atoms with van der Waals surface area (Å²) in [5.74, 6) is -3.39. The molecular formula is C18H31N9O5S. The highest BCUT2D eigenvalue weighted by Gasteiger charge is 2.28. The van der Waals surface area contributed by atoms with Crippen LogP contribution in [0.5, 0.6) is 0 Å². The number of H-pyrrole nitrogens is 1. The first-order valence-electron chi connectivity index (χ1n) is 10.1. The number of aliphatic carboxylic acids is 1. The van der Waals surface area contributed by atoms with Crippen LogP contribution in [0.3, 0.4) is 0 Å². The number of aromatic amines is 1. The Labute approximate surface area is 195 Å². The predicted molar refractivity (Wildman–Crippen MR) is 123 cm³/mol. The minimum absolute atomic E-state index is 0.0566. The van der Waals surface area contributed by atoms with Gasteiger partial charge in [0.1, 0.15) is 18.1 Å².